The van der Waals surface area contributed by atoms with Crippen molar-refractivity contribution < 1.29 is 19.0 Å². The second kappa shape index (κ2) is 9.03. The molecule has 6 heteroatoms. The van der Waals surface area contributed by atoms with Crippen molar-refractivity contribution in [1.82, 2.24) is 4.98 Å². The summed E-state index contributed by atoms with van der Waals surface area (Å²) in [7, 11) is 0. The number of hydrogen-bond donors (Lipinski definition) is 1. The van der Waals surface area contributed by atoms with E-state index in [2.05, 4.69) is 17.2 Å². The summed E-state index contributed by atoms with van der Waals surface area (Å²) in [6, 6.07) is 13.5. The summed E-state index contributed by atoms with van der Waals surface area (Å²) >= 11 is 0. The van der Waals surface area contributed by atoms with Crippen LogP contribution in [0.1, 0.15) is 36.6 Å². The molecular weight excluding hydrogens is 380 g/mol. The third-order valence-corrected chi connectivity index (χ3v) is 5.20. The Morgan fingerprint density at radius 2 is 2.10 bits per heavy atom. The molecule has 0 fully saturated rings. The number of anilines is 1. The van der Waals surface area contributed by atoms with Gasteiger partial charge in [-0.2, -0.15) is 0 Å². The van der Waals surface area contributed by atoms with Crippen molar-refractivity contribution in [2.75, 3.05) is 18.5 Å². The minimum Gasteiger partial charge on any atom is -0.493 e. The lowest BCUT2D eigenvalue weighted by Crippen LogP contribution is -2.15. The first kappa shape index (κ1) is 20.0. The number of nitrogens with zero attached hydrogens (tertiary/aromatic N) is 1. The summed E-state index contributed by atoms with van der Waals surface area (Å²) in [5.74, 6) is 1.69. The van der Waals surface area contributed by atoms with Crippen LogP contribution in [-0.4, -0.2) is 24.3 Å². The number of aromatic nitrogens is 1. The van der Waals surface area contributed by atoms with Gasteiger partial charge >= 0.3 is 6.09 Å². The monoisotopic (exact) mass is 406 g/mol. The van der Waals surface area contributed by atoms with Gasteiger partial charge in [0.25, 0.3) is 0 Å². The predicted octanol–water partition coefficient (Wildman–Crippen LogP) is 5.41. The summed E-state index contributed by atoms with van der Waals surface area (Å²) in [4.78, 5) is 17.0. The van der Waals surface area contributed by atoms with E-state index in [-0.39, 0.29) is 6.61 Å². The van der Waals surface area contributed by atoms with Gasteiger partial charge in [0, 0.05) is 23.1 Å². The van der Waals surface area contributed by atoms with E-state index < -0.39 is 6.09 Å². The summed E-state index contributed by atoms with van der Waals surface area (Å²) in [6.45, 7) is 5.48. The van der Waals surface area contributed by atoms with Gasteiger partial charge in [-0.05, 0) is 49.2 Å². The van der Waals surface area contributed by atoms with Crippen LogP contribution in [0, 0.1) is 6.92 Å². The average molecular weight is 406 g/mol. The Balaban J connectivity index is 1.47. The number of carbonyl (C=O) groups excluding carboxylic acids is 1. The van der Waals surface area contributed by atoms with Gasteiger partial charge in [0.2, 0.25) is 0 Å². The molecule has 0 bridgehead atoms. The van der Waals surface area contributed by atoms with Gasteiger partial charge in [-0.25, -0.2) is 9.78 Å². The van der Waals surface area contributed by atoms with Crippen molar-refractivity contribution >= 4 is 22.7 Å². The molecule has 3 aromatic rings. The van der Waals surface area contributed by atoms with Crippen molar-refractivity contribution in [2.24, 2.45) is 0 Å². The summed E-state index contributed by atoms with van der Waals surface area (Å²) in [5.41, 5.74) is 4.20. The highest BCUT2D eigenvalue weighted by Gasteiger charge is 2.16. The Morgan fingerprint density at radius 3 is 2.97 bits per heavy atom. The molecule has 0 spiro atoms. The van der Waals surface area contributed by atoms with Crippen molar-refractivity contribution in [2.45, 2.75) is 39.7 Å². The predicted molar refractivity (Wildman–Crippen MR) is 116 cm³/mol. The van der Waals surface area contributed by atoms with Crippen molar-refractivity contribution in [3.63, 3.8) is 0 Å². The Hall–Kier alpha value is -3.28. The van der Waals surface area contributed by atoms with E-state index >= 15 is 0 Å². The molecule has 156 valence electrons. The van der Waals surface area contributed by atoms with Gasteiger partial charge in [-0.1, -0.05) is 25.5 Å². The van der Waals surface area contributed by atoms with Crippen LogP contribution in [0.25, 0.3) is 10.9 Å². The molecule has 0 atom stereocenters. The molecule has 2 heterocycles. The fraction of sp³-hybridized carbons (Fsp3) is 0.333. The highest BCUT2D eigenvalue weighted by molar-refractivity contribution is 5.87. The molecule has 1 aromatic heterocycles. The number of carbonyl (C=O) groups is 1. The van der Waals surface area contributed by atoms with Crippen molar-refractivity contribution in [1.29, 1.82) is 0 Å². The zero-order chi connectivity index (χ0) is 20.9. The maximum absolute atomic E-state index is 12.3. The zero-order valence-corrected chi connectivity index (χ0v) is 17.4. The van der Waals surface area contributed by atoms with Gasteiger partial charge in [0.1, 0.15) is 18.1 Å². The van der Waals surface area contributed by atoms with E-state index in [9.17, 15) is 4.79 Å². The molecule has 0 unspecified atom stereocenters. The molecule has 0 saturated carbocycles. The van der Waals surface area contributed by atoms with Crippen LogP contribution >= 0.6 is 0 Å². The van der Waals surface area contributed by atoms with Crippen LogP contribution in [0.3, 0.4) is 0 Å². The fourth-order valence-corrected chi connectivity index (χ4v) is 3.52. The van der Waals surface area contributed by atoms with E-state index in [1.807, 2.05) is 49.4 Å². The number of nitrogens with one attached hydrogen (secondary N) is 1. The molecule has 4 rings (SSSR count). The minimum absolute atomic E-state index is 0.0701. The molecule has 1 aliphatic rings. The third-order valence-electron chi connectivity index (χ3n) is 5.20. The van der Waals surface area contributed by atoms with E-state index in [1.165, 1.54) is 0 Å². The molecule has 1 aliphatic heterocycles. The van der Waals surface area contributed by atoms with Crippen LogP contribution in [-0.2, 0) is 17.8 Å². The van der Waals surface area contributed by atoms with E-state index in [0.29, 0.717) is 24.6 Å². The van der Waals surface area contributed by atoms with E-state index in [4.69, 9.17) is 14.2 Å². The number of benzene rings is 2. The van der Waals surface area contributed by atoms with Gasteiger partial charge in [0.15, 0.2) is 0 Å². The molecule has 6 nitrogen and oxygen atoms in total. The fourth-order valence-electron chi connectivity index (χ4n) is 3.52. The lowest BCUT2D eigenvalue weighted by molar-refractivity contribution is 0.153. The number of rotatable bonds is 7. The van der Waals surface area contributed by atoms with Gasteiger partial charge in [0.05, 0.1) is 24.4 Å². The van der Waals surface area contributed by atoms with E-state index in [1.54, 1.807) is 0 Å². The molecule has 30 heavy (non-hydrogen) atoms. The molecule has 2 aromatic carbocycles. The lowest BCUT2D eigenvalue weighted by atomic mass is 10.1. The summed E-state index contributed by atoms with van der Waals surface area (Å²) in [6.07, 6.45) is 2.38. The molecule has 0 aliphatic carbocycles. The van der Waals surface area contributed by atoms with E-state index in [0.717, 1.165) is 52.8 Å². The molecule has 1 amide bonds. The highest BCUT2D eigenvalue weighted by Crippen LogP contribution is 2.31. The van der Waals surface area contributed by atoms with Crippen LogP contribution in [0.4, 0.5) is 10.5 Å². The van der Waals surface area contributed by atoms with Gasteiger partial charge in [-0.3, -0.25) is 5.32 Å². The number of unbranched alkanes of at least 4 members (excludes halogenated alkanes) is 1. The third kappa shape index (κ3) is 4.32. The smallest absolute Gasteiger partial charge is 0.412 e. The lowest BCUT2D eigenvalue weighted by Gasteiger charge is -2.15. The maximum atomic E-state index is 12.3. The minimum atomic E-state index is -0.517. The largest absolute Gasteiger partial charge is 0.493 e. The number of hydrogen-bond acceptors (Lipinski definition) is 5. The maximum Gasteiger partial charge on any atom is 0.412 e. The first-order valence-electron chi connectivity index (χ1n) is 10.4. The molecule has 0 radical (unpaired) electrons. The van der Waals surface area contributed by atoms with Crippen molar-refractivity contribution in [3.05, 3.63) is 59.3 Å². The molecular formula is C24H26N2O4. The normalized spacial score (nSPS) is 12.3. The van der Waals surface area contributed by atoms with Crippen LogP contribution in [0.5, 0.6) is 11.5 Å². The number of amides is 1. The first-order chi connectivity index (χ1) is 14.7. The Kier molecular flexibility index (Phi) is 6.02. The quantitative estimate of drug-likeness (QED) is 0.532. The zero-order valence-electron chi connectivity index (χ0n) is 17.4. The second-order valence-electron chi connectivity index (χ2n) is 7.35. The molecule has 1 N–H and O–H groups in total. The number of para-hydroxylation sites is 1. The average Bonchev–Trinajstić information content (AvgIpc) is 3.22. The Bertz CT molecular complexity index is 1060. The van der Waals surface area contributed by atoms with Crippen molar-refractivity contribution in [3.8, 4) is 11.5 Å². The van der Waals surface area contributed by atoms with Crippen LogP contribution in [0.2, 0.25) is 0 Å². The molecule has 0 saturated heterocycles. The number of pyridine rings is 1. The first-order valence-corrected chi connectivity index (χ1v) is 10.4. The van der Waals surface area contributed by atoms with Crippen LogP contribution in [0.15, 0.2) is 42.5 Å². The second-order valence-corrected chi connectivity index (χ2v) is 7.35. The SMILES string of the molecule is CCCCOc1c(C)c(COC(=O)Nc2ccc3c(c2)CCO3)nc2ccccc12. The van der Waals surface area contributed by atoms with Gasteiger partial charge in [-0.15, -0.1) is 0 Å². The van der Waals surface area contributed by atoms with Gasteiger partial charge < -0.3 is 14.2 Å². The summed E-state index contributed by atoms with van der Waals surface area (Å²) < 4.78 is 17.0. The Morgan fingerprint density at radius 1 is 1.23 bits per heavy atom. The highest BCUT2D eigenvalue weighted by atomic mass is 16.5. The topological polar surface area (TPSA) is 69.7 Å². The van der Waals surface area contributed by atoms with Crippen LogP contribution < -0.4 is 14.8 Å². The standard InChI is InChI=1S/C24H26N2O4/c1-3-4-12-29-23-16(2)21(26-20-8-6-5-7-19(20)23)15-30-24(27)25-18-9-10-22-17(14-18)11-13-28-22/h5-10,14H,3-4,11-13,15H2,1-2H3,(H,25,27). The summed E-state index contributed by atoms with van der Waals surface area (Å²) in [5, 5.41) is 3.75. The number of fused-ring (bicyclic) bond motifs is 2. The Labute approximate surface area is 176 Å². The number of ether oxygens (including phenoxy) is 3.